The van der Waals surface area contributed by atoms with Crippen LogP contribution in [0.3, 0.4) is 0 Å². The zero-order chi connectivity index (χ0) is 23.2. The molecule has 1 aromatic heterocycles. The van der Waals surface area contributed by atoms with Gasteiger partial charge in [-0.2, -0.15) is 0 Å². The average molecular weight is 472 g/mol. The number of benzene rings is 1. The largest absolute Gasteiger partial charge is 0.384 e. The first-order chi connectivity index (χ1) is 15.0. The van der Waals surface area contributed by atoms with Crippen LogP contribution in [0.4, 0.5) is 17.6 Å². The summed E-state index contributed by atoms with van der Waals surface area (Å²) >= 11 is 0. The molecule has 0 amide bonds. The summed E-state index contributed by atoms with van der Waals surface area (Å²) in [7, 11) is -3.59. The fourth-order valence-electron chi connectivity index (χ4n) is 3.90. The zero-order valence-corrected chi connectivity index (χ0v) is 18.0. The van der Waals surface area contributed by atoms with Gasteiger partial charge in [-0.1, -0.05) is 5.16 Å². The van der Waals surface area contributed by atoms with Crippen molar-refractivity contribution in [3.63, 3.8) is 0 Å². The summed E-state index contributed by atoms with van der Waals surface area (Å²) in [5, 5.41) is 3.97. The molecule has 2 aliphatic rings. The van der Waals surface area contributed by atoms with E-state index in [9.17, 15) is 26.0 Å². The van der Waals surface area contributed by atoms with E-state index in [2.05, 4.69) is 14.9 Å². The molecule has 0 radical (unpaired) electrons. The number of aromatic nitrogens is 1. The average Bonchev–Trinajstić information content (AvgIpc) is 3.27. The van der Waals surface area contributed by atoms with Gasteiger partial charge >= 0.3 is 0 Å². The number of halogens is 4. The van der Waals surface area contributed by atoms with Crippen molar-refractivity contribution in [1.29, 1.82) is 0 Å². The van der Waals surface area contributed by atoms with Crippen LogP contribution in [0.2, 0.25) is 0 Å². The lowest BCUT2D eigenvalue weighted by molar-refractivity contribution is 0.0828. The van der Waals surface area contributed by atoms with Crippen LogP contribution in [0.25, 0.3) is 11.1 Å². The molecule has 7 nitrogen and oxygen atoms in total. The molecule has 2 aromatic rings. The molecule has 32 heavy (non-hydrogen) atoms. The van der Waals surface area contributed by atoms with Gasteiger partial charge in [-0.05, 0) is 18.6 Å². The number of oxime groups is 1. The molecule has 1 fully saturated rings. The molecular formula is C20H20F4N4O3S. The van der Waals surface area contributed by atoms with E-state index in [0.29, 0.717) is 23.5 Å². The van der Waals surface area contributed by atoms with Crippen LogP contribution in [0.15, 0.2) is 29.6 Å². The van der Waals surface area contributed by atoms with Gasteiger partial charge in [0.15, 0.2) is 6.10 Å². The number of rotatable bonds is 4. The lowest BCUT2D eigenvalue weighted by Crippen LogP contribution is -2.41. The quantitative estimate of drug-likeness (QED) is 0.692. The maximum Gasteiger partial charge on any atom is 0.209 e. The number of amidine groups is 1. The standard InChI is InChI=1S/C20H20F4N4O3S/c1-10-3-12(19-13(22)4-11(21)5-14(19)23)20(25-7-10)17-6-18(26-31-17)28-8-15(24)16(9-28)27-32(2,29)30/h3-5,7,15-17,27H,6,8-9H2,1-2H3/t15-,16+,17-/m0/s1. The first-order valence-electron chi connectivity index (χ1n) is 9.72. The first kappa shape index (κ1) is 22.5. The van der Waals surface area contributed by atoms with Gasteiger partial charge < -0.3 is 9.74 Å². The van der Waals surface area contributed by atoms with Gasteiger partial charge in [0.1, 0.15) is 29.5 Å². The second-order valence-corrected chi connectivity index (χ2v) is 9.69. The molecule has 3 heterocycles. The minimum atomic E-state index is -3.59. The highest BCUT2D eigenvalue weighted by molar-refractivity contribution is 7.88. The Labute approximate surface area is 182 Å². The van der Waals surface area contributed by atoms with Crippen LogP contribution in [0, 0.1) is 24.4 Å². The van der Waals surface area contributed by atoms with Crippen LogP contribution in [0.5, 0.6) is 0 Å². The molecule has 0 unspecified atom stereocenters. The van der Waals surface area contributed by atoms with E-state index >= 15 is 0 Å². The molecule has 0 bridgehead atoms. The maximum absolute atomic E-state index is 14.5. The van der Waals surface area contributed by atoms with Crippen molar-refractivity contribution in [1.82, 2.24) is 14.6 Å². The van der Waals surface area contributed by atoms with Crippen molar-refractivity contribution in [3.8, 4) is 11.1 Å². The Morgan fingerprint density at radius 2 is 1.84 bits per heavy atom. The molecule has 4 rings (SSSR count). The lowest BCUT2D eigenvalue weighted by atomic mass is 9.97. The van der Waals surface area contributed by atoms with Crippen molar-refractivity contribution in [2.24, 2.45) is 5.16 Å². The Hall–Kier alpha value is -2.73. The van der Waals surface area contributed by atoms with E-state index in [1.54, 1.807) is 11.8 Å². The summed E-state index contributed by atoms with van der Waals surface area (Å²) in [6, 6.07) is 1.76. The third kappa shape index (κ3) is 4.56. The molecule has 1 N–H and O–H groups in total. The summed E-state index contributed by atoms with van der Waals surface area (Å²) in [5.74, 6) is -2.83. The van der Waals surface area contributed by atoms with Crippen LogP contribution in [0.1, 0.15) is 23.8 Å². The summed E-state index contributed by atoms with van der Waals surface area (Å²) in [6.45, 7) is 1.66. The number of sulfonamides is 1. The normalized spacial score (nSPS) is 23.4. The Morgan fingerprint density at radius 3 is 2.50 bits per heavy atom. The summed E-state index contributed by atoms with van der Waals surface area (Å²) < 4.78 is 81.7. The summed E-state index contributed by atoms with van der Waals surface area (Å²) in [6.07, 6.45) is 0.323. The molecule has 1 saturated heterocycles. The zero-order valence-electron chi connectivity index (χ0n) is 17.1. The highest BCUT2D eigenvalue weighted by atomic mass is 32.2. The van der Waals surface area contributed by atoms with Crippen LogP contribution < -0.4 is 4.72 Å². The van der Waals surface area contributed by atoms with E-state index in [4.69, 9.17) is 4.84 Å². The number of alkyl halides is 1. The molecule has 0 saturated carbocycles. The molecule has 1 aromatic carbocycles. The van der Waals surface area contributed by atoms with E-state index in [1.165, 1.54) is 12.3 Å². The molecule has 12 heteroatoms. The van der Waals surface area contributed by atoms with E-state index in [-0.39, 0.29) is 30.8 Å². The number of aryl methyl sites for hydroxylation is 1. The minimum absolute atomic E-state index is 0.0541. The Bertz CT molecular complexity index is 1170. The van der Waals surface area contributed by atoms with Crippen molar-refractivity contribution >= 4 is 15.9 Å². The molecular weight excluding hydrogens is 452 g/mol. The van der Waals surface area contributed by atoms with E-state index < -0.39 is 51.4 Å². The smallest absolute Gasteiger partial charge is 0.209 e. The van der Waals surface area contributed by atoms with Gasteiger partial charge in [0, 0.05) is 30.4 Å². The first-order valence-corrected chi connectivity index (χ1v) is 11.6. The van der Waals surface area contributed by atoms with Gasteiger partial charge in [-0.15, -0.1) is 0 Å². The highest BCUT2D eigenvalue weighted by Gasteiger charge is 2.39. The summed E-state index contributed by atoms with van der Waals surface area (Å²) in [5.41, 5.74) is 0.487. The topological polar surface area (TPSA) is 83.9 Å². The van der Waals surface area contributed by atoms with Gasteiger partial charge in [0.05, 0.1) is 36.5 Å². The molecule has 172 valence electrons. The molecule has 0 aliphatic carbocycles. The van der Waals surface area contributed by atoms with Crippen molar-refractivity contribution in [3.05, 3.63) is 53.1 Å². The molecule has 0 spiro atoms. The maximum atomic E-state index is 14.5. The lowest BCUT2D eigenvalue weighted by Gasteiger charge is -2.18. The fraction of sp³-hybridized carbons (Fsp3) is 0.400. The Morgan fingerprint density at radius 1 is 1.16 bits per heavy atom. The third-order valence-corrected chi connectivity index (χ3v) is 6.00. The number of nitrogens with zero attached hydrogens (tertiary/aromatic N) is 3. The third-order valence-electron chi connectivity index (χ3n) is 5.27. The van der Waals surface area contributed by atoms with Crippen LogP contribution in [-0.2, 0) is 14.9 Å². The number of pyridine rings is 1. The number of hydrogen-bond donors (Lipinski definition) is 1. The van der Waals surface area contributed by atoms with Crippen molar-refractivity contribution in [2.45, 2.75) is 31.7 Å². The molecule has 2 aliphatic heterocycles. The monoisotopic (exact) mass is 472 g/mol. The van der Waals surface area contributed by atoms with E-state index in [0.717, 1.165) is 6.26 Å². The minimum Gasteiger partial charge on any atom is -0.384 e. The SMILES string of the molecule is Cc1cnc([C@@H]2CC(N3C[C@H](F)[C@H](NS(C)(=O)=O)C3)=NO2)c(-c2c(F)cc(F)cc2F)c1. The van der Waals surface area contributed by atoms with Gasteiger partial charge in [-0.25, -0.2) is 30.7 Å². The number of hydrogen-bond acceptors (Lipinski definition) is 6. The van der Waals surface area contributed by atoms with Gasteiger partial charge in [0.2, 0.25) is 10.0 Å². The second kappa shape index (κ2) is 8.32. The second-order valence-electron chi connectivity index (χ2n) is 7.91. The van der Waals surface area contributed by atoms with Gasteiger partial charge in [0.25, 0.3) is 0 Å². The molecule has 3 atom stereocenters. The van der Waals surface area contributed by atoms with Crippen molar-refractivity contribution < 1.29 is 30.8 Å². The van der Waals surface area contributed by atoms with E-state index in [1.807, 2.05) is 0 Å². The predicted octanol–water partition coefficient (Wildman–Crippen LogP) is 2.82. The van der Waals surface area contributed by atoms with Gasteiger partial charge in [-0.3, -0.25) is 4.98 Å². The Kier molecular flexibility index (Phi) is 5.84. The fourth-order valence-corrected chi connectivity index (χ4v) is 4.67. The Balaban J connectivity index is 1.58. The predicted molar refractivity (Wildman–Crippen MR) is 108 cm³/mol. The van der Waals surface area contributed by atoms with Crippen molar-refractivity contribution in [2.75, 3.05) is 19.3 Å². The number of likely N-dealkylation sites (tertiary alicyclic amines) is 1. The number of nitrogens with one attached hydrogen (secondary N) is 1. The highest BCUT2D eigenvalue weighted by Crippen LogP contribution is 2.37. The van der Waals surface area contributed by atoms with Crippen LogP contribution >= 0.6 is 0 Å². The summed E-state index contributed by atoms with van der Waals surface area (Å²) in [4.78, 5) is 11.3. The van der Waals surface area contributed by atoms with Crippen LogP contribution in [-0.4, -0.2) is 55.7 Å².